The topological polar surface area (TPSA) is 192 Å². The van der Waals surface area contributed by atoms with Gasteiger partial charge in [0.2, 0.25) is 0 Å². The van der Waals surface area contributed by atoms with Crippen molar-refractivity contribution in [2.45, 2.75) is 204 Å². The molecule has 12 nitrogen and oxygen atoms in total. The van der Waals surface area contributed by atoms with E-state index in [0.29, 0.717) is 13.0 Å². The van der Waals surface area contributed by atoms with E-state index in [-0.39, 0.29) is 13.0 Å². The van der Waals surface area contributed by atoms with Crippen molar-refractivity contribution < 1.29 is 58.3 Å². The third-order valence-electron chi connectivity index (χ3n) is 9.39. The molecule has 1 aliphatic carbocycles. The summed E-state index contributed by atoms with van der Waals surface area (Å²) in [4.78, 5) is 22.9. The minimum atomic E-state index is -5.00. The molecule has 6 unspecified atom stereocenters. The smallest absolute Gasteiger partial charge is 0.457 e. The Hall–Kier alpha value is -0.920. The lowest BCUT2D eigenvalue weighted by molar-refractivity contribution is -0.220. The molecule has 51 heavy (non-hydrogen) atoms. The van der Waals surface area contributed by atoms with Gasteiger partial charge in [0.05, 0.1) is 13.2 Å². The van der Waals surface area contributed by atoms with Crippen molar-refractivity contribution in [1.82, 2.24) is 0 Å². The first-order valence-corrected chi connectivity index (χ1v) is 21.5. The number of phosphoric ester groups is 1. The Balaban J connectivity index is 2.44. The molecule has 0 saturated heterocycles. The molecule has 0 spiro atoms. The first kappa shape index (κ1) is 48.1. The van der Waals surface area contributed by atoms with Crippen molar-refractivity contribution in [2.24, 2.45) is 0 Å². The van der Waals surface area contributed by atoms with E-state index in [9.17, 15) is 39.8 Å². The van der Waals surface area contributed by atoms with Gasteiger partial charge in [0.15, 0.2) is 0 Å². The maximum atomic E-state index is 12.7. The van der Waals surface area contributed by atoms with Crippen LogP contribution in [0.2, 0.25) is 0 Å². The Bertz CT molecular complexity index is 905. The highest BCUT2D eigenvalue weighted by Gasteiger charge is 2.51. The lowest BCUT2D eigenvalue weighted by Crippen LogP contribution is -2.64. The highest BCUT2D eigenvalue weighted by Crippen LogP contribution is 2.47. The minimum Gasteiger partial charge on any atom is -0.457 e. The normalized spacial score (nSPS) is 24.2. The number of unbranched alkanes of at least 4 members (excludes halogenated alkanes) is 19. The molecule has 1 rings (SSSR count). The fourth-order valence-corrected chi connectivity index (χ4v) is 7.09. The molecule has 13 heteroatoms. The first-order chi connectivity index (χ1) is 24.5. The van der Waals surface area contributed by atoms with Gasteiger partial charge in [-0.1, -0.05) is 129 Å². The maximum Gasteiger partial charge on any atom is 0.472 e. The molecule has 0 aromatic heterocycles. The van der Waals surface area contributed by atoms with Crippen molar-refractivity contribution in [3.05, 3.63) is 12.2 Å². The second kappa shape index (κ2) is 30.4. The van der Waals surface area contributed by atoms with Gasteiger partial charge >= 0.3 is 13.8 Å². The zero-order valence-corrected chi connectivity index (χ0v) is 32.6. The van der Waals surface area contributed by atoms with E-state index in [4.69, 9.17) is 18.5 Å². The van der Waals surface area contributed by atoms with Crippen LogP contribution in [-0.4, -0.2) is 98.9 Å². The van der Waals surface area contributed by atoms with E-state index in [1.807, 2.05) is 0 Å². The van der Waals surface area contributed by atoms with Crippen LogP contribution in [-0.2, 0) is 27.9 Å². The number of aliphatic hydroxyl groups excluding tert-OH is 5. The fourth-order valence-electron chi connectivity index (χ4n) is 6.11. The predicted octanol–water partition coefficient (Wildman–Crippen LogP) is 6.80. The number of phosphoric acid groups is 1. The average molecular weight is 753 g/mol. The van der Waals surface area contributed by atoms with Gasteiger partial charge in [-0.25, -0.2) is 4.57 Å². The van der Waals surface area contributed by atoms with Gasteiger partial charge in [0.1, 0.15) is 42.7 Å². The van der Waals surface area contributed by atoms with Gasteiger partial charge < -0.3 is 39.9 Å². The molecule has 6 N–H and O–H groups in total. The van der Waals surface area contributed by atoms with Gasteiger partial charge in [-0.3, -0.25) is 13.8 Å². The van der Waals surface area contributed by atoms with Crippen LogP contribution in [0.3, 0.4) is 0 Å². The molecule has 1 fully saturated rings. The minimum absolute atomic E-state index is 0.0766. The molecule has 0 aromatic rings. The van der Waals surface area contributed by atoms with Crippen molar-refractivity contribution in [1.29, 1.82) is 0 Å². The van der Waals surface area contributed by atoms with Gasteiger partial charge in [-0.15, -0.1) is 0 Å². The summed E-state index contributed by atoms with van der Waals surface area (Å²) in [6.45, 7) is 4.19. The van der Waals surface area contributed by atoms with Crippen LogP contribution in [0, 0.1) is 0 Å². The van der Waals surface area contributed by atoms with Crippen LogP contribution >= 0.6 is 7.82 Å². The highest BCUT2D eigenvalue weighted by atomic mass is 31.2. The monoisotopic (exact) mass is 752 g/mol. The summed E-state index contributed by atoms with van der Waals surface area (Å²) in [7, 11) is -5.00. The molecule has 0 heterocycles. The molecule has 0 radical (unpaired) electrons. The van der Waals surface area contributed by atoms with Crippen molar-refractivity contribution in [3.63, 3.8) is 0 Å². The summed E-state index contributed by atoms with van der Waals surface area (Å²) in [5.74, 6) is -0.482. The van der Waals surface area contributed by atoms with Crippen LogP contribution in [0.5, 0.6) is 0 Å². The van der Waals surface area contributed by atoms with E-state index in [0.717, 1.165) is 51.4 Å². The number of carbonyl (C=O) groups excluding carboxylic acids is 1. The summed E-state index contributed by atoms with van der Waals surface area (Å²) in [5.41, 5.74) is 0. The quantitative estimate of drug-likeness (QED) is 0.0178. The molecule has 1 aliphatic rings. The van der Waals surface area contributed by atoms with Gasteiger partial charge in [-0.2, -0.15) is 0 Å². The number of hydrogen-bond donors (Lipinski definition) is 6. The molecular formula is C38H73O12P. The second-order valence-corrected chi connectivity index (χ2v) is 15.5. The maximum absolute atomic E-state index is 12.7. The van der Waals surface area contributed by atoms with E-state index in [2.05, 4.69) is 26.0 Å². The number of hydrogen-bond acceptors (Lipinski definition) is 11. The van der Waals surface area contributed by atoms with Crippen LogP contribution in [0.25, 0.3) is 0 Å². The molecule has 0 bridgehead atoms. The largest absolute Gasteiger partial charge is 0.472 e. The third kappa shape index (κ3) is 23.5. The Labute approximate surface area is 307 Å². The lowest BCUT2D eigenvalue weighted by Gasteiger charge is -2.41. The summed E-state index contributed by atoms with van der Waals surface area (Å²) < 4.78 is 33.9. The second-order valence-electron chi connectivity index (χ2n) is 14.1. The Morgan fingerprint density at radius 2 is 1.04 bits per heavy atom. The van der Waals surface area contributed by atoms with Crippen molar-refractivity contribution in [3.8, 4) is 0 Å². The summed E-state index contributed by atoms with van der Waals surface area (Å²) in [5, 5.41) is 49.9. The number of esters is 1. The number of carbonyl (C=O) groups is 1. The van der Waals surface area contributed by atoms with Crippen LogP contribution in [0.4, 0.5) is 0 Å². The fraction of sp³-hybridized carbons (Fsp3) is 0.921. The van der Waals surface area contributed by atoms with Crippen LogP contribution in [0.15, 0.2) is 12.2 Å². The molecule has 0 amide bonds. The summed E-state index contributed by atoms with van der Waals surface area (Å²) in [6, 6.07) is 0. The zero-order valence-electron chi connectivity index (χ0n) is 31.7. The highest BCUT2D eigenvalue weighted by molar-refractivity contribution is 7.47. The number of ether oxygens (including phenoxy) is 2. The average Bonchev–Trinajstić information content (AvgIpc) is 3.11. The standard InChI is InChI=1S/C38H73O12P/c1-3-5-7-9-11-13-14-15-16-17-18-20-22-24-26-28-47-29-31(49-32(39)27-25-23-21-19-12-10-8-6-4-2)30-48-51(45,46)50-38-36(43)34(41)33(40)35(42)37(38)44/h14-15,31,33-38,40-44H,3-13,16-30H2,1-2H3,(H,45,46)/b15-14-. The van der Waals surface area contributed by atoms with Crippen LogP contribution in [0.1, 0.15) is 162 Å². The SMILES string of the molecule is CCCCCCC/C=C\CCCCCCCCOCC(COP(=O)(O)OC1C(O)C(O)C(O)C(O)C1O)OC(=O)CCCCCCCCCCC. The number of rotatable bonds is 33. The van der Waals surface area contributed by atoms with Gasteiger partial charge in [-0.05, 0) is 38.5 Å². The molecule has 0 aliphatic heterocycles. The number of aliphatic hydroxyl groups is 5. The molecule has 0 aromatic carbocycles. The predicted molar refractivity (Wildman–Crippen MR) is 198 cm³/mol. The van der Waals surface area contributed by atoms with Gasteiger partial charge in [0, 0.05) is 13.0 Å². The summed E-state index contributed by atoms with van der Waals surface area (Å²) in [6.07, 6.45) is 17.3. The summed E-state index contributed by atoms with van der Waals surface area (Å²) >= 11 is 0. The molecule has 6 atom stereocenters. The Morgan fingerprint density at radius 3 is 1.55 bits per heavy atom. The first-order valence-electron chi connectivity index (χ1n) is 20.0. The lowest BCUT2D eigenvalue weighted by atomic mass is 9.85. The van der Waals surface area contributed by atoms with Gasteiger partial charge in [0.25, 0.3) is 0 Å². The Morgan fingerprint density at radius 1 is 0.608 bits per heavy atom. The molecule has 1 saturated carbocycles. The van der Waals surface area contributed by atoms with E-state index < -0.39 is 63.1 Å². The van der Waals surface area contributed by atoms with E-state index in [1.165, 1.54) is 83.5 Å². The van der Waals surface area contributed by atoms with Crippen molar-refractivity contribution >= 4 is 13.8 Å². The van der Waals surface area contributed by atoms with E-state index >= 15 is 0 Å². The molecule has 302 valence electrons. The third-order valence-corrected chi connectivity index (χ3v) is 10.4. The number of allylic oxidation sites excluding steroid dienone is 2. The Kier molecular flexibility index (Phi) is 28.7. The molecular weight excluding hydrogens is 679 g/mol. The van der Waals surface area contributed by atoms with Crippen molar-refractivity contribution in [2.75, 3.05) is 19.8 Å². The van der Waals surface area contributed by atoms with Crippen LogP contribution < -0.4 is 0 Å². The van der Waals surface area contributed by atoms with E-state index in [1.54, 1.807) is 0 Å². The zero-order chi connectivity index (χ0) is 37.7.